The molecular weight excluding hydrogens is 223 g/mol. The van der Waals surface area contributed by atoms with E-state index < -0.39 is 0 Å². The SMILES string of the molecule is C=CC(=O)SC1CCCC[Se]1. The van der Waals surface area contributed by atoms with E-state index in [4.69, 9.17) is 0 Å². The first-order valence-corrected chi connectivity index (χ1v) is 6.85. The van der Waals surface area contributed by atoms with Crippen molar-refractivity contribution in [1.29, 1.82) is 0 Å². The van der Waals surface area contributed by atoms with Crippen LogP contribution in [0.2, 0.25) is 5.32 Å². The molecular formula is C8H12OSSe. The zero-order chi connectivity index (χ0) is 8.10. The molecule has 0 aliphatic carbocycles. The summed E-state index contributed by atoms with van der Waals surface area (Å²) >= 11 is 2.19. The van der Waals surface area contributed by atoms with Crippen molar-refractivity contribution in [2.45, 2.75) is 28.7 Å². The van der Waals surface area contributed by atoms with E-state index in [-0.39, 0.29) is 5.12 Å². The number of carbonyl (C=O) groups is 1. The zero-order valence-electron chi connectivity index (χ0n) is 6.41. The first-order chi connectivity index (χ1) is 5.33. The second kappa shape index (κ2) is 5.02. The molecule has 0 N–H and O–H groups in total. The van der Waals surface area contributed by atoms with E-state index in [2.05, 4.69) is 6.58 Å². The molecule has 0 amide bonds. The molecule has 1 aliphatic rings. The summed E-state index contributed by atoms with van der Waals surface area (Å²) in [5.74, 6) is 0. The fourth-order valence-electron chi connectivity index (χ4n) is 0.982. The third-order valence-electron chi connectivity index (χ3n) is 1.55. The normalized spacial score (nSPS) is 24.5. The summed E-state index contributed by atoms with van der Waals surface area (Å²) in [5, 5.41) is 1.51. The van der Waals surface area contributed by atoms with E-state index >= 15 is 0 Å². The van der Waals surface area contributed by atoms with Crippen molar-refractivity contribution in [3.63, 3.8) is 0 Å². The molecule has 1 saturated heterocycles. The Kier molecular flexibility index (Phi) is 4.27. The Labute approximate surface area is 78.2 Å². The minimum absolute atomic E-state index is 0.152. The quantitative estimate of drug-likeness (QED) is 0.538. The topological polar surface area (TPSA) is 17.1 Å². The van der Waals surface area contributed by atoms with Crippen LogP contribution in [0.5, 0.6) is 0 Å². The van der Waals surface area contributed by atoms with Crippen LogP contribution in [0, 0.1) is 0 Å². The summed E-state index contributed by atoms with van der Waals surface area (Å²) in [7, 11) is 0. The van der Waals surface area contributed by atoms with Crippen molar-refractivity contribution in [2.24, 2.45) is 0 Å². The van der Waals surface area contributed by atoms with Crippen LogP contribution in [0.15, 0.2) is 12.7 Å². The zero-order valence-corrected chi connectivity index (χ0v) is 8.94. The Bertz CT molecular complexity index is 152. The van der Waals surface area contributed by atoms with E-state index in [0.29, 0.717) is 19.1 Å². The summed E-state index contributed by atoms with van der Waals surface area (Å²) in [6.45, 7) is 3.46. The van der Waals surface area contributed by atoms with Gasteiger partial charge < -0.3 is 0 Å². The van der Waals surface area contributed by atoms with Gasteiger partial charge in [-0.2, -0.15) is 0 Å². The van der Waals surface area contributed by atoms with Gasteiger partial charge in [0.1, 0.15) is 0 Å². The van der Waals surface area contributed by atoms with Gasteiger partial charge in [0.25, 0.3) is 0 Å². The Balaban J connectivity index is 2.24. The van der Waals surface area contributed by atoms with Gasteiger partial charge in [0.2, 0.25) is 0 Å². The summed E-state index contributed by atoms with van der Waals surface area (Å²) in [6, 6.07) is 0. The first kappa shape index (κ1) is 9.37. The van der Waals surface area contributed by atoms with E-state index in [9.17, 15) is 4.79 Å². The van der Waals surface area contributed by atoms with E-state index in [1.165, 1.54) is 42.4 Å². The molecule has 1 fully saturated rings. The molecule has 0 spiro atoms. The molecule has 1 unspecified atom stereocenters. The van der Waals surface area contributed by atoms with Crippen molar-refractivity contribution in [2.75, 3.05) is 0 Å². The standard InChI is InChI=1S/C8H12OSSe/c1-2-7(9)10-8-5-3-4-6-11-8/h2,8H,1,3-6H2. The second-order valence-electron chi connectivity index (χ2n) is 2.44. The minimum atomic E-state index is 0.152. The summed E-state index contributed by atoms with van der Waals surface area (Å²) in [6.07, 6.45) is 5.35. The van der Waals surface area contributed by atoms with Gasteiger partial charge in [-0.15, -0.1) is 0 Å². The third-order valence-corrected chi connectivity index (χ3v) is 6.14. The molecule has 1 rings (SSSR count). The molecule has 0 saturated carbocycles. The fourth-order valence-corrected chi connectivity index (χ4v) is 5.24. The van der Waals surface area contributed by atoms with Crippen molar-refractivity contribution in [3.8, 4) is 0 Å². The molecule has 0 radical (unpaired) electrons. The summed E-state index contributed by atoms with van der Waals surface area (Å²) in [5.41, 5.74) is 0. The molecule has 1 nitrogen and oxygen atoms in total. The molecule has 1 atom stereocenters. The predicted molar refractivity (Wildman–Crippen MR) is 51.0 cm³/mol. The Morgan fingerprint density at radius 3 is 3.00 bits per heavy atom. The molecule has 62 valence electrons. The van der Waals surface area contributed by atoms with Gasteiger partial charge in [-0.3, -0.25) is 0 Å². The van der Waals surface area contributed by atoms with Crippen molar-refractivity contribution < 1.29 is 4.79 Å². The van der Waals surface area contributed by atoms with Crippen LogP contribution in [0.3, 0.4) is 0 Å². The van der Waals surface area contributed by atoms with E-state index in [1.54, 1.807) is 0 Å². The molecule has 1 aliphatic heterocycles. The van der Waals surface area contributed by atoms with E-state index in [0.717, 1.165) is 0 Å². The van der Waals surface area contributed by atoms with Crippen LogP contribution in [0.25, 0.3) is 0 Å². The van der Waals surface area contributed by atoms with Gasteiger partial charge >= 0.3 is 78.0 Å². The number of hydrogen-bond acceptors (Lipinski definition) is 2. The number of rotatable bonds is 2. The van der Waals surface area contributed by atoms with Gasteiger partial charge in [0, 0.05) is 0 Å². The van der Waals surface area contributed by atoms with Crippen LogP contribution >= 0.6 is 11.8 Å². The molecule has 1 heterocycles. The monoisotopic (exact) mass is 236 g/mol. The van der Waals surface area contributed by atoms with Crippen LogP contribution < -0.4 is 0 Å². The van der Waals surface area contributed by atoms with Gasteiger partial charge in [-0.05, 0) is 0 Å². The maximum absolute atomic E-state index is 10.9. The molecule has 0 aromatic rings. The predicted octanol–water partition coefficient (Wildman–Crippen LogP) is 2.06. The molecule has 0 aromatic carbocycles. The fraction of sp³-hybridized carbons (Fsp3) is 0.625. The number of carbonyl (C=O) groups excluding carboxylic acids is 1. The second-order valence-corrected chi connectivity index (χ2v) is 7.07. The summed E-state index contributed by atoms with van der Waals surface area (Å²) < 4.78 is 0.641. The van der Waals surface area contributed by atoms with Crippen molar-refractivity contribution in [1.82, 2.24) is 0 Å². The van der Waals surface area contributed by atoms with Gasteiger partial charge in [0.15, 0.2) is 0 Å². The first-order valence-electron chi connectivity index (χ1n) is 3.77. The number of thioether (sulfide) groups is 1. The van der Waals surface area contributed by atoms with Crippen molar-refractivity contribution in [3.05, 3.63) is 12.7 Å². The van der Waals surface area contributed by atoms with Crippen LogP contribution in [0.1, 0.15) is 19.3 Å². The van der Waals surface area contributed by atoms with Crippen LogP contribution in [-0.2, 0) is 4.79 Å². The number of hydrogen-bond donors (Lipinski definition) is 0. The van der Waals surface area contributed by atoms with Crippen LogP contribution in [-0.4, -0.2) is 24.2 Å². The molecule has 11 heavy (non-hydrogen) atoms. The molecule has 3 heteroatoms. The van der Waals surface area contributed by atoms with Gasteiger partial charge in [-0.1, -0.05) is 0 Å². The van der Waals surface area contributed by atoms with Crippen molar-refractivity contribution >= 4 is 31.8 Å². The average molecular weight is 235 g/mol. The van der Waals surface area contributed by atoms with Gasteiger partial charge in [-0.25, -0.2) is 0 Å². The summed E-state index contributed by atoms with van der Waals surface area (Å²) in [4.78, 5) is 10.9. The van der Waals surface area contributed by atoms with E-state index in [1.807, 2.05) is 0 Å². The maximum atomic E-state index is 10.9. The average Bonchev–Trinajstić information content (AvgIpc) is 2.06. The van der Waals surface area contributed by atoms with Crippen LogP contribution in [0.4, 0.5) is 0 Å². The van der Waals surface area contributed by atoms with Gasteiger partial charge in [0.05, 0.1) is 0 Å². The molecule has 0 aromatic heterocycles. The Morgan fingerprint density at radius 1 is 1.64 bits per heavy atom. The Hall–Kier alpha value is 0.279. The Morgan fingerprint density at radius 2 is 2.45 bits per heavy atom. The molecule has 0 bridgehead atoms. The third kappa shape index (κ3) is 3.46.